The van der Waals surface area contributed by atoms with E-state index in [1.54, 1.807) is 18.2 Å². The number of nitrogens with one attached hydrogen (secondary N) is 1. The molecule has 0 saturated carbocycles. The maximum atomic E-state index is 14.5. The zero-order chi connectivity index (χ0) is 21.3. The van der Waals surface area contributed by atoms with Crippen LogP contribution in [0.3, 0.4) is 0 Å². The molecule has 30 heavy (non-hydrogen) atoms. The molecule has 0 amide bonds. The smallest absolute Gasteiger partial charge is 0.255 e. The summed E-state index contributed by atoms with van der Waals surface area (Å²) in [5.41, 5.74) is 0.395. The van der Waals surface area contributed by atoms with Crippen molar-refractivity contribution < 1.29 is 13.6 Å². The van der Waals surface area contributed by atoms with Crippen molar-refractivity contribution in [3.63, 3.8) is 0 Å². The molecule has 9 heteroatoms. The van der Waals surface area contributed by atoms with Crippen molar-refractivity contribution in [3.8, 4) is 5.69 Å². The first-order chi connectivity index (χ1) is 14.4. The second-order valence-electron chi connectivity index (χ2n) is 6.65. The molecule has 4 rings (SSSR count). The van der Waals surface area contributed by atoms with E-state index < -0.39 is 17.2 Å². The monoisotopic (exact) mass is 449 g/mol. The quantitative estimate of drug-likeness (QED) is 0.469. The molecular formula is C21H15Cl2F2N3O2. The number of aromatic nitrogens is 1. The Morgan fingerprint density at radius 1 is 1.10 bits per heavy atom. The second kappa shape index (κ2) is 8.55. The van der Waals surface area contributed by atoms with Gasteiger partial charge in [-0.05, 0) is 30.3 Å². The maximum Gasteiger partial charge on any atom is 0.255 e. The lowest BCUT2D eigenvalue weighted by atomic mass is 10.0. The molecule has 0 spiro atoms. The Hall–Kier alpha value is -2.74. The van der Waals surface area contributed by atoms with Crippen LogP contribution in [0.15, 0.2) is 64.7 Å². The number of hydrogen-bond acceptors (Lipinski definition) is 4. The van der Waals surface area contributed by atoms with Gasteiger partial charge in [0.05, 0.1) is 15.7 Å². The van der Waals surface area contributed by atoms with E-state index in [4.69, 9.17) is 28.0 Å². The van der Waals surface area contributed by atoms with Crippen molar-refractivity contribution in [2.24, 2.45) is 5.16 Å². The molecule has 0 atom stereocenters. The number of benzene rings is 2. The van der Waals surface area contributed by atoms with E-state index in [1.165, 1.54) is 29.0 Å². The lowest BCUT2D eigenvalue weighted by Gasteiger charge is -2.25. The van der Waals surface area contributed by atoms with Crippen LogP contribution in [0, 0.1) is 11.6 Å². The van der Waals surface area contributed by atoms with Gasteiger partial charge >= 0.3 is 0 Å². The average molecular weight is 450 g/mol. The Kier molecular flexibility index (Phi) is 5.85. The molecule has 2 heterocycles. The predicted molar refractivity (Wildman–Crippen MR) is 112 cm³/mol. The molecule has 5 nitrogen and oxygen atoms in total. The summed E-state index contributed by atoms with van der Waals surface area (Å²) >= 11 is 12.5. The molecule has 1 saturated heterocycles. The fraction of sp³-hybridized carbons (Fsp3) is 0.143. The van der Waals surface area contributed by atoms with E-state index in [0.717, 1.165) is 12.1 Å². The largest absolute Gasteiger partial charge is 0.389 e. The standard InChI is InChI=1S/C21H15Cl2F2N3O2/c22-16-2-1-3-17(23)21(16)28-11-12(4-7-19(28)29)20(27-30-14-9-26-10-14)15-6-5-13(24)8-18(15)25/h1-8,11,14,26H,9-10H2/b27-20+. The van der Waals surface area contributed by atoms with Crippen molar-refractivity contribution in [2.45, 2.75) is 6.10 Å². The third kappa shape index (κ3) is 4.09. The highest BCUT2D eigenvalue weighted by molar-refractivity contribution is 6.37. The molecule has 3 aromatic rings. The topological polar surface area (TPSA) is 55.6 Å². The van der Waals surface area contributed by atoms with Gasteiger partial charge in [0.2, 0.25) is 0 Å². The zero-order valence-corrected chi connectivity index (χ0v) is 16.9. The van der Waals surface area contributed by atoms with Crippen LogP contribution in [0.25, 0.3) is 5.69 Å². The summed E-state index contributed by atoms with van der Waals surface area (Å²) in [5.74, 6) is -1.52. The first-order valence-corrected chi connectivity index (χ1v) is 9.77. The molecule has 0 radical (unpaired) electrons. The Morgan fingerprint density at radius 2 is 1.83 bits per heavy atom. The minimum absolute atomic E-state index is 0.0270. The average Bonchev–Trinajstić information content (AvgIpc) is 2.66. The Balaban J connectivity index is 1.86. The number of hydrogen-bond donors (Lipinski definition) is 1. The summed E-state index contributed by atoms with van der Waals surface area (Å²) in [6.45, 7) is 1.22. The lowest BCUT2D eigenvalue weighted by Crippen LogP contribution is -2.47. The fourth-order valence-electron chi connectivity index (χ4n) is 2.92. The lowest BCUT2D eigenvalue weighted by molar-refractivity contribution is 0.0233. The van der Waals surface area contributed by atoms with Crippen LogP contribution >= 0.6 is 23.2 Å². The van der Waals surface area contributed by atoms with Crippen LogP contribution in [-0.2, 0) is 4.84 Å². The predicted octanol–water partition coefficient (Wildman–Crippen LogP) is 4.16. The maximum absolute atomic E-state index is 14.5. The SMILES string of the molecule is O=c1ccc(/C(=N\OC2CNC2)c2ccc(F)cc2F)cn1-c1c(Cl)cccc1Cl. The van der Waals surface area contributed by atoms with Gasteiger partial charge in [-0.2, -0.15) is 0 Å². The third-order valence-corrected chi connectivity index (χ3v) is 5.20. The van der Waals surface area contributed by atoms with Crippen molar-refractivity contribution in [1.82, 2.24) is 9.88 Å². The number of rotatable bonds is 5. The van der Waals surface area contributed by atoms with Gasteiger partial charge in [-0.15, -0.1) is 0 Å². The third-order valence-electron chi connectivity index (χ3n) is 4.59. The molecule has 0 unspecified atom stereocenters. The first kappa shape index (κ1) is 20.5. The summed E-state index contributed by atoms with van der Waals surface area (Å²) in [7, 11) is 0. The number of para-hydroxylation sites is 1. The van der Waals surface area contributed by atoms with E-state index in [2.05, 4.69) is 10.5 Å². The van der Waals surface area contributed by atoms with E-state index in [1.807, 2.05) is 0 Å². The van der Waals surface area contributed by atoms with Gasteiger partial charge in [0.25, 0.3) is 5.56 Å². The molecule has 1 aliphatic rings. The van der Waals surface area contributed by atoms with E-state index >= 15 is 0 Å². The molecule has 1 fully saturated rings. The summed E-state index contributed by atoms with van der Waals surface area (Å²) in [5, 5.41) is 7.70. The second-order valence-corrected chi connectivity index (χ2v) is 7.46. The zero-order valence-electron chi connectivity index (χ0n) is 15.4. The Labute approximate surface area is 180 Å². The van der Waals surface area contributed by atoms with Crippen LogP contribution in [0.1, 0.15) is 11.1 Å². The van der Waals surface area contributed by atoms with Crippen LogP contribution in [0.2, 0.25) is 10.0 Å². The van der Waals surface area contributed by atoms with E-state index in [9.17, 15) is 13.6 Å². The minimum atomic E-state index is -0.808. The van der Waals surface area contributed by atoms with Gasteiger partial charge in [0, 0.05) is 42.5 Å². The van der Waals surface area contributed by atoms with E-state index in [0.29, 0.717) is 18.7 Å². The molecular weight excluding hydrogens is 435 g/mol. The highest BCUT2D eigenvalue weighted by Crippen LogP contribution is 2.28. The van der Waals surface area contributed by atoms with Gasteiger partial charge in [0.15, 0.2) is 6.10 Å². The van der Waals surface area contributed by atoms with Gasteiger partial charge in [-0.3, -0.25) is 9.36 Å². The highest BCUT2D eigenvalue weighted by Gasteiger charge is 2.21. The van der Waals surface area contributed by atoms with Crippen molar-refractivity contribution in [3.05, 3.63) is 97.9 Å². The highest BCUT2D eigenvalue weighted by atomic mass is 35.5. The minimum Gasteiger partial charge on any atom is -0.389 e. The fourth-order valence-corrected chi connectivity index (χ4v) is 3.50. The van der Waals surface area contributed by atoms with Gasteiger partial charge < -0.3 is 10.2 Å². The van der Waals surface area contributed by atoms with Gasteiger partial charge in [-0.25, -0.2) is 8.78 Å². The first-order valence-electron chi connectivity index (χ1n) is 9.01. The summed E-state index contributed by atoms with van der Waals surface area (Å²) in [6.07, 6.45) is 1.28. The normalized spacial score (nSPS) is 14.5. The summed E-state index contributed by atoms with van der Waals surface area (Å²) in [6, 6.07) is 10.8. The summed E-state index contributed by atoms with van der Waals surface area (Å²) in [4.78, 5) is 18.0. The van der Waals surface area contributed by atoms with Gasteiger partial charge in [-0.1, -0.05) is 34.4 Å². The van der Waals surface area contributed by atoms with Crippen LogP contribution < -0.4 is 10.9 Å². The van der Waals surface area contributed by atoms with Crippen LogP contribution in [0.4, 0.5) is 8.78 Å². The molecule has 1 aliphatic heterocycles. The molecule has 0 bridgehead atoms. The summed E-state index contributed by atoms with van der Waals surface area (Å²) < 4.78 is 29.2. The molecule has 2 aromatic carbocycles. The Morgan fingerprint density at radius 3 is 2.47 bits per heavy atom. The van der Waals surface area contributed by atoms with Crippen LogP contribution in [0.5, 0.6) is 0 Å². The van der Waals surface area contributed by atoms with Crippen molar-refractivity contribution in [1.29, 1.82) is 0 Å². The number of pyridine rings is 1. The van der Waals surface area contributed by atoms with E-state index in [-0.39, 0.29) is 33.1 Å². The van der Waals surface area contributed by atoms with Gasteiger partial charge in [0.1, 0.15) is 17.3 Å². The van der Waals surface area contributed by atoms with Crippen molar-refractivity contribution in [2.75, 3.05) is 13.1 Å². The number of halogens is 4. The van der Waals surface area contributed by atoms with Crippen LogP contribution in [-0.4, -0.2) is 29.5 Å². The van der Waals surface area contributed by atoms with Crippen molar-refractivity contribution >= 4 is 28.9 Å². The number of oxime groups is 1. The Bertz CT molecular complexity index is 1170. The molecule has 0 aliphatic carbocycles. The number of nitrogens with zero attached hydrogens (tertiary/aromatic N) is 2. The molecule has 1 N–H and O–H groups in total. The molecule has 1 aromatic heterocycles. The molecule has 154 valence electrons.